The van der Waals surface area contributed by atoms with Gasteiger partial charge in [0.15, 0.2) is 14.9 Å². The highest BCUT2D eigenvalue weighted by molar-refractivity contribution is 8.06. The van der Waals surface area contributed by atoms with Crippen molar-refractivity contribution in [2.24, 2.45) is 5.73 Å². The lowest BCUT2D eigenvalue weighted by atomic mass is 9.87. The smallest absolute Gasteiger partial charge is 0.237 e. The zero-order valence-electron chi connectivity index (χ0n) is 17.8. The van der Waals surface area contributed by atoms with Crippen molar-refractivity contribution in [2.75, 3.05) is 57.7 Å². The Morgan fingerprint density at radius 3 is 2.33 bits per heavy atom. The number of ether oxygens (including phenoxy) is 1. The van der Waals surface area contributed by atoms with Crippen LogP contribution in [0.2, 0.25) is 0 Å². The van der Waals surface area contributed by atoms with Crippen molar-refractivity contribution in [3.63, 3.8) is 0 Å². The van der Waals surface area contributed by atoms with Gasteiger partial charge in [0.1, 0.15) is 5.54 Å². The number of methoxy groups -OCH3 is 1. The van der Waals surface area contributed by atoms with E-state index < -0.39 is 30.5 Å². The van der Waals surface area contributed by atoms with E-state index in [2.05, 4.69) is 9.80 Å². The lowest BCUT2D eigenvalue weighted by Gasteiger charge is -2.44. The number of hydrogen-bond donors (Lipinski definition) is 1. The average Bonchev–Trinajstić information content (AvgIpc) is 2.84. The molecule has 3 fully saturated rings. The number of sulfone groups is 1. The lowest BCUT2D eigenvalue weighted by molar-refractivity contribution is -0.133. The SMILES string of the molecule is COC(CN1CCN(S(=O)(=O)CS(C)(=O)=O)CC1)CN1[C@@H]2CCC[C@@]1(C(N)=O)CC2. The maximum Gasteiger partial charge on any atom is 0.237 e. The van der Waals surface area contributed by atoms with Crippen LogP contribution in [0.3, 0.4) is 0 Å². The molecule has 10 nitrogen and oxygen atoms in total. The number of hydrogen-bond acceptors (Lipinski definition) is 8. The number of amides is 1. The minimum Gasteiger partial charge on any atom is -0.379 e. The zero-order chi connectivity index (χ0) is 22.2. The molecule has 1 unspecified atom stereocenters. The molecule has 3 aliphatic heterocycles. The lowest BCUT2D eigenvalue weighted by Crippen LogP contribution is -2.60. The normalized spacial score (nSPS) is 30.4. The number of nitrogens with zero attached hydrogens (tertiary/aromatic N) is 3. The van der Waals surface area contributed by atoms with Crippen molar-refractivity contribution in [1.82, 2.24) is 14.1 Å². The zero-order valence-corrected chi connectivity index (χ0v) is 19.5. The molecule has 3 saturated heterocycles. The molecule has 0 aliphatic carbocycles. The van der Waals surface area contributed by atoms with Crippen LogP contribution >= 0.6 is 0 Å². The quantitative estimate of drug-likeness (QED) is 0.450. The second-order valence-corrected chi connectivity index (χ2v) is 13.3. The predicted molar refractivity (Wildman–Crippen MR) is 113 cm³/mol. The van der Waals surface area contributed by atoms with Crippen molar-refractivity contribution < 1.29 is 26.4 Å². The third kappa shape index (κ3) is 5.16. The van der Waals surface area contributed by atoms with Crippen LogP contribution in [0.4, 0.5) is 0 Å². The van der Waals surface area contributed by atoms with Crippen LogP contribution in [0.1, 0.15) is 32.1 Å². The molecule has 3 heterocycles. The summed E-state index contributed by atoms with van der Waals surface area (Å²) < 4.78 is 54.3. The Bertz CT molecular complexity index is 837. The van der Waals surface area contributed by atoms with E-state index in [4.69, 9.17) is 10.5 Å². The van der Waals surface area contributed by atoms with Gasteiger partial charge in [-0.1, -0.05) is 0 Å². The first-order chi connectivity index (χ1) is 14.0. The summed E-state index contributed by atoms with van der Waals surface area (Å²) in [6.45, 7) is 2.77. The van der Waals surface area contributed by atoms with Crippen molar-refractivity contribution in [3.05, 3.63) is 0 Å². The first-order valence-corrected chi connectivity index (χ1v) is 14.1. The number of nitrogens with two attached hydrogens (primary N) is 1. The van der Waals surface area contributed by atoms with E-state index in [1.165, 1.54) is 4.31 Å². The highest BCUT2D eigenvalue weighted by Crippen LogP contribution is 2.44. The van der Waals surface area contributed by atoms with Gasteiger partial charge in [0.25, 0.3) is 0 Å². The average molecular weight is 467 g/mol. The topological polar surface area (TPSA) is 130 Å². The van der Waals surface area contributed by atoms with Crippen LogP contribution in [0, 0.1) is 0 Å². The summed E-state index contributed by atoms with van der Waals surface area (Å²) in [6.07, 6.45) is 5.48. The van der Waals surface area contributed by atoms with E-state index in [-0.39, 0.29) is 25.1 Å². The largest absolute Gasteiger partial charge is 0.379 e. The van der Waals surface area contributed by atoms with E-state index in [0.29, 0.717) is 32.2 Å². The molecule has 30 heavy (non-hydrogen) atoms. The maximum atomic E-state index is 12.3. The molecule has 0 spiro atoms. The highest BCUT2D eigenvalue weighted by Gasteiger charge is 2.53. The monoisotopic (exact) mass is 466 g/mol. The van der Waals surface area contributed by atoms with Gasteiger partial charge >= 0.3 is 0 Å². The molecule has 3 atom stereocenters. The van der Waals surface area contributed by atoms with Crippen LogP contribution in [-0.4, -0.2) is 112 Å². The molecule has 2 N–H and O–H groups in total. The third-order valence-electron chi connectivity index (χ3n) is 6.75. The third-order valence-corrected chi connectivity index (χ3v) is 10.8. The molecule has 1 amide bonds. The Labute approximate surface area is 179 Å². The van der Waals surface area contributed by atoms with Gasteiger partial charge < -0.3 is 10.5 Å². The molecule has 12 heteroatoms. The Morgan fingerprint density at radius 1 is 1.10 bits per heavy atom. The Morgan fingerprint density at radius 2 is 1.77 bits per heavy atom. The molecule has 0 aromatic heterocycles. The molecular weight excluding hydrogens is 432 g/mol. The van der Waals surface area contributed by atoms with Gasteiger partial charge in [-0.3, -0.25) is 14.6 Å². The molecule has 0 aromatic rings. The summed E-state index contributed by atoms with van der Waals surface area (Å²) in [5, 5.41) is -0.855. The van der Waals surface area contributed by atoms with Crippen LogP contribution in [0.15, 0.2) is 0 Å². The number of fused-ring (bicyclic) bond motifs is 2. The van der Waals surface area contributed by atoms with Gasteiger partial charge in [-0.05, 0) is 32.1 Å². The number of sulfonamides is 1. The molecule has 0 radical (unpaired) electrons. The molecule has 0 aromatic carbocycles. The standard InChI is InChI=1S/C18H34N4O6S2/c1-28-16(13-22-15-4-3-6-18(22,7-5-15)17(19)23)12-20-8-10-21(11-9-20)30(26,27)14-29(2,24)25/h15-16H,3-14H2,1-2H3,(H2,19,23)/t15-,16?,18+/m1/s1. The van der Waals surface area contributed by atoms with Crippen LogP contribution in [-0.2, 0) is 29.4 Å². The first kappa shape index (κ1) is 23.9. The van der Waals surface area contributed by atoms with E-state index in [1.807, 2.05) is 0 Å². The van der Waals surface area contributed by atoms with Crippen molar-refractivity contribution in [3.8, 4) is 0 Å². The van der Waals surface area contributed by atoms with Gasteiger partial charge in [0.05, 0.1) is 6.10 Å². The number of primary amides is 1. The predicted octanol–water partition coefficient (Wildman–Crippen LogP) is -1.18. The second-order valence-electron chi connectivity index (χ2n) is 8.85. The molecule has 3 aliphatic rings. The van der Waals surface area contributed by atoms with E-state index in [1.54, 1.807) is 7.11 Å². The van der Waals surface area contributed by atoms with Gasteiger partial charge in [0.2, 0.25) is 15.9 Å². The minimum absolute atomic E-state index is 0.124. The molecule has 2 bridgehead atoms. The first-order valence-electron chi connectivity index (χ1n) is 10.4. The van der Waals surface area contributed by atoms with Crippen molar-refractivity contribution >= 4 is 25.8 Å². The number of carbonyl (C=O) groups excluding carboxylic acids is 1. The fourth-order valence-electron chi connectivity index (χ4n) is 5.21. The summed E-state index contributed by atoms with van der Waals surface area (Å²) in [6, 6.07) is 0.363. The van der Waals surface area contributed by atoms with Crippen molar-refractivity contribution in [2.45, 2.75) is 49.8 Å². The van der Waals surface area contributed by atoms with E-state index in [9.17, 15) is 21.6 Å². The number of piperazine rings is 1. The second kappa shape index (κ2) is 8.99. The summed E-state index contributed by atoms with van der Waals surface area (Å²) in [7, 11) is -5.77. The number of rotatable bonds is 9. The summed E-state index contributed by atoms with van der Waals surface area (Å²) >= 11 is 0. The minimum atomic E-state index is -3.82. The Kier molecular flexibility index (Phi) is 7.15. The maximum absolute atomic E-state index is 12.3. The number of piperidine rings is 1. The van der Waals surface area contributed by atoms with E-state index in [0.717, 1.165) is 38.4 Å². The summed E-state index contributed by atoms with van der Waals surface area (Å²) in [5.41, 5.74) is 5.24. The molecule has 0 saturated carbocycles. The fraction of sp³-hybridized carbons (Fsp3) is 0.944. The van der Waals surface area contributed by atoms with Gasteiger partial charge in [-0.2, -0.15) is 4.31 Å². The van der Waals surface area contributed by atoms with Crippen LogP contribution in [0.25, 0.3) is 0 Å². The van der Waals surface area contributed by atoms with Crippen LogP contribution in [0.5, 0.6) is 0 Å². The van der Waals surface area contributed by atoms with Gasteiger partial charge in [-0.15, -0.1) is 0 Å². The van der Waals surface area contributed by atoms with Gasteiger partial charge in [-0.25, -0.2) is 16.8 Å². The Hall–Kier alpha value is -0.790. The summed E-state index contributed by atoms with van der Waals surface area (Å²) in [5.74, 6) is -0.246. The molecule has 174 valence electrons. The number of carbonyl (C=O) groups is 1. The van der Waals surface area contributed by atoms with E-state index >= 15 is 0 Å². The van der Waals surface area contributed by atoms with Crippen molar-refractivity contribution in [1.29, 1.82) is 0 Å². The summed E-state index contributed by atoms with van der Waals surface area (Å²) in [4.78, 5) is 16.6. The Balaban J connectivity index is 1.57. The van der Waals surface area contributed by atoms with Gasteiger partial charge in [0, 0.05) is 58.7 Å². The molecular formula is C18H34N4O6S2. The molecule has 3 rings (SSSR count). The highest BCUT2D eigenvalue weighted by atomic mass is 32.3. The van der Waals surface area contributed by atoms with Crippen LogP contribution < -0.4 is 5.73 Å². The fourth-order valence-corrected chi connectivity index (χ4v) is 8.69.